The number of esters is 1. The van der Waals surface area contributed by atoms with Gasteiger partial charge in [0.2, 0.25) is 0 Å². The highest BCUT2D eigenvalue weighted by Crippen LogP contribution is 2.26. The highest BCUT2D eigenvalue weighted by Gasteiger charge is 2.21. The molecule has 1 atom stereocenters. The number of hydrogen-bond acceptors (Lipinski definition) is 3. The number of ether oxygens (including phenoxy) is 1. The van der Waals surface area contributed by atoms with E-state index in [-0.39, 0.29) is 12.4 Å². The first-order valence-corrected chi connectivity index (χ1v) is 11.4. The average molecular weight is 416 g/mol. The summed E-state index contributed by atoms with van der Waals surface area (Å²) in [6.45, 7) is 14.2. The lowest BCUT2D eigenvalue weighted by atomic mass is 9.94. The third kappa shape index (κ3) is 6.79. The van der Waals surface area contributed by atoms with Gasteiger partial charge in [-0.1, -0.05) is 36.4 Å². The number of carbonyl (C=O) groups is 1. The van der Waals surface area contributed by atoms with E-state index < -0.39 is 11.0 Å². The summed E-state index contributed by atoms with van der Waals surface area (Å²) in [6, 6.07) is 7.88. The third-order valence-electron chi connectivity index (χ3n) is 4.98. The van der Waals surface area contributed by atoms with E-state index in [1.807, 2.05) is 62.3 Å². The van der Waals surface area contributed by atoms with Crippen LogP contribution in [0.25, 0.3) is 0 Å². The normalized spacial score (nSPS) is 16.1. The zero-order chi connectivity index (χ0) is 21.4. The smallest absolute Gasteiger partial charge is 0.310 e. The fourth-order valence-corrected chi connectivity index (χ4v) is 4.84. The Morgan fingerprint density at radius 3 is 2.48 bits per heavy atom. The van der Waals surface area contributed by atoms with Crippen LogP contribution in [0.5, 0.6) is 0 Å². The first-order chi connectivity index (χ1) is 13.8. The lowest BCUT2D eigenvalue weighted by Gasteiger charge is -2.18. The van der Waals surface area contributed by atoms with Crippen molar-refractivity contribution in [2.45, 2.75) is 58.3 Å². The van der Waals surface area contributed by atoms with Gasteiger partial charge in [0.25, 0.3) is 0 Å². The van der Waals surface area contributed by atoms with Gasteiger partial charge in [0.1, 0.15) is 11.0 Å². The molecule has 4 nitrogen and oxygen atoms in total. The Labute approximate surface area is 177 Å². The minimum Gasteiger partial charge on any atom is -0.466 e. The molecule has 0 spiro atoms. The quantitative estimate of drug-likeness (QED) is 0.414. The predicted molar refractivity (Wildman–Crippen MR) is 120 cm³/mol. The van der Waals surface area contributed by atoms with Crippen LogP contribution >= 0.6 is 0 Å². The van der Waals surface area contributed by atoms with Gasteiger partial charge in [0, 0.05) is 13.1 Å². The van der Waals surface area contributed by atoms with Gasteiger partial charge in [0.15, 0.2) is 0 Å². The Bertz CT molecular complexity index is 828. The fourth-order valence-electron chi connectivity index (χ4n) is 3.41. The van der Waals surface area contributed by atoms with E-state index in [1.165, 1.54) is 0 Å². The molecule has 0 radical (unpaired) electrons. The lowest BCUT2D eigenvalue weighted by Crippen LogP contribution is -2.23. The van der Waals surface area contributed by atoms with Crippen LogP contribution < -0.4 is 0 Å². The molecule has 0 N–H and O–H groups in total. The maximum absolute atomic E-state index is 13.0. The van der Waals surface area contributed by atoms with Crippen molar-refractivity contribution < 1.29 is 13.7 Å². The Morgan fingerprint density at radius 2 is 1.86 bits per heavy atom. The number of benzene rings is 1. The molecule has 0 amide bonds. The Hall–Kier alpha value is -1.98. The minimum absolute atomic E-state index is 0.227. The molecular formula is C24H33NO3S. The molecule has 29 heavy (non-hydrogen) atoms. The Balaban J connectivity index is 2.27. The zero-order valence-corrected chi connectivity index (χ0v) is 18.9. The van der Waals surface area contributed by atoms with Crippen molar-refractivity contribution in [1.82, 2.24) is 4.31 Å². The zero-order valence-electron chi connectivity index (χ0n) is 18.1. The molecule has 1 aliphatic rings. The highest BCUT2D eigenvalue weighted by atomic mass is 32.2. The van der Waals surface area contributed by atoms with Gasteiger partial charge in [-0.25, -0.2) is 8.51 Å². The molecule has 1 aliphatic heterocycles. The second-order valence-electron chi connectivity index (χ2n) is 7.63. The number of carbonyl (C=O) groups excluding carboxylic acids is 1. The van der Waals surface area contributed by atoms with Gasteiger partial charge in [-0.05, 0) is 75.3 Å². The molecule has 1 saturated heterocycles. The number of nitrogens with zero attached hydrogens (tertiary/aromatic N) is 1. The van der Waals surface area contributed by atoms with E-state index in [2.05, 4.69) is 6.58 Å². The van der Waals surface area contributed by atoms with Crippen LogP contribution in [0.4, 0.5) is 0 Å². The maximum atomic E-state index is 13.0. The lowest BCUT2D eigenvalue weighted by molar-refractivity contribution is -0.142. The van der Waals surface area contributed by atoms with Crippen molar-refractivity contribution in [1.29, 1.82) is 0 Å². The molecule has 1 aromatic rings. The first-order valence-electron chi connectivity index (χ1n) is 10.3. The van der Waals surface area contributed by atoms with Crippen LogP contribution in [0.15, 0.2) is 64.1 Å². The molecule has 1 aromatic carbocycles. The molecule has 2 rings (SSSR count). The minimum atomic E-state index is -1.14. The van der Waals surface area contributed by atoms with Gasteiger partial charge in [0.05, 0.1) is 17.9 Å². The summed E-state index contributed by atoms with van der Waals surface area (Å²) in [5, 5.41) is 0. The van der Waals surface area contributed by atoms with Crippen LogP contribution in [0, 0.1) is 0 Å². The average Bonchev–Trinajstić information content (AvgIpc) is 3.21. The van der Waals surface area contributed by atoms with E-state index >= 15 is 0 Å². The van der Waals surface area contributed by atoms with Crippen LogP contribution in [0.2, 0.25) is 0 Å². The summed E-state index contributed by atoms with van der Waals surface area (Å²) in [5.74, 6) is -0.234. The Kier molecular flexibility index (Phi) is 9.05. The third-order valence-corrected chi connectivity index (χ3v) is 6.59. The maximum Gasteiger partial charge on any atom is 0.310 e. The summed E-state index contributed by atoms with van der Waals surface area (Å²) in [6.07, 6.45) is 5.05. The van der Waals surface area contributed by atoms with Gasteiger partial charge in [-0.2, -0.15) is 0 Å². The van der Waals surface area contributed by atoms with E-state index in [0.29, 0.717) is 13.0 Å². The molecular weight excluding hydrogens is 382 g/mol. The summed E-state index contributed by atoms with van der Waals surface area (Å²) in [4.78, 5) is 12.9. The van der Waals surface area contributed by atoms with Crippen molar-refractivity contribution >= 4 is 17.0 Å². The summed E-state index contributed by atoms with van der Waals surface area (Å²) in [5.41, 5.74) is 4.97. The van der Waals surface area contributed by atoms with E-state index in [4.69, 9.17) is 4.74 Å². The van der Waals surface area contributed by atoms with Crippen molar-refractivity contribution in [2.75, 3.05) is 19.7 Å². The van der Waals surface area contributed by atoms with Crippen molar-refractivity contribution in [3.63, 3.8) is 0 Å². The molecule has 158 valence electrons. The SMILES string of the molecule is C=C(Cc1ccccc1S(=O)N1CCCC1)C(C)=C(C=C(C)C)CC(=O)OCC. The van der Waals surface area contributed by atoms with Crippen molar-refractivity contribution in [2.24, 2.45) is 0 Å². The molecule has 1 heterocycles. The van der Waals surface area contributed by atoms with E-state index in [1.54, 1.807) is 0 Å². The van der Waals surface area contributed by atoms with Crippen molar-refractivity contribution in [3.05, 3.63) is 64.8 Å². The number of hydrogen-bond donors (Lipinski definition) is 0. The highest BCUT2D eigenvalue weighted by molar-refractivity contribution is 7.82. The second-order valence-corrected chi connectivity index (χ2v) is 9.08. The molecule has 1 unspecified atom stereocenters. The van der Waals surface area contributed by atoms with E-state index in [9.17, 15) is 9.00 Å². The van der Waals surface area contributed by atoms with E-state index in [0.717, 1.165) is 58.7 Å². The molecule has 1 fully saturated rings. The Morgan fingerprint density at radius 1 is 1.21 bits per heavy atom. The molecule has 0 aromatic heterocycles. The standard InChI is InChI=1S/C24H33NO3S/c1-6-28-24(26)17-22(15-18(2)3)20(5)19(4)16-21-11-7-8-12-23(21)29(27)25-13-9-10-14-25/h7-8,11-12,15H,4,6,9-10,13-14,16-17H2,1-3,5H3. The fraction of sp³-hybridized carbons (Fsp3) is 0.458. The molecule has 0 saturated carbocycles. The summed E-state index contributed by atoms with van der Waals surface area (Å²) >= 11 is 0. The van der Waals surface area contributed by atoms with Crippen molar-refractivity contribution in [3.8, 4) is 0 Å². The number of allylic oxidation sites excluding steroid dienone is 4. The summed E-state index contributed by atoms with van der Waals surface area (Å²) in [7, 11) is -1.14. The van der Waals surface area contributed by atoms with Crippen LogP contribution in [0.1, 0.15) is 52.5 Å². The monoisotopic (exact) mass is 415 g/mol. The molecule has 5 heteroatoms. The van der Waals surface area contributed by atoms with Gasteiger partial charge in [-0.15, -0.1) is 0 Å². The van der Waals surface area contributed by atoms with Crippen LogP contribution in [-0.2, 0) is 26.9 Å². The molecule has 0 aliphatic carbocycles. The number of rotatable bonds is 9. The largest absolute Gasteiger partial charge is 0.466 e. The first kappa shape index (κ1) is 23.3. The van der Waals surface area contributed by atoms with Crippen LogP contribution in [-0.4, -0.2) is 34.2 Å². The van der Waals surface area contributed by atoms with Crippen LogP contribution in [0.3, 0.4) is 0 Å². The molecule has 0 bridgehead atoms. The van der Waals surface area contributed by atoms with Gasteiger partial charge >= 0.3 is 5.97 Å². The second kappa shape index (κ2) is 11.3. The van der Waals surface area contributed by atoms with Gasteiger partial charge in [-0.3, -0.25) is 4.79 Å². The van der Waals surface area contributed by atoms with Gasteiger partial charge < -0.3 is 4.74 Å². The summed E-state index contributed by atoms with van der Waals surface area (Å²) < 4.78 is 20.2. The predicted octanol–water partition coefficient (Wildman–Crippen LogP) is 5.14. The topological polar surface area (TPSA) is 46.6 Å².